The van der Waals surface area contributed by atoms with Gasteiger partial charge in [-0.3, -0.25) is 9.59 Å². The Bertz CT molecular complexity index is 1640. The topological polar surface area (TPSA) is 133 Å². The lowest BCUT2D eigenvalue weighted by Gasteiger charge is -2.61. The first-order chi connectivity index (χ1) is 36.8. The highest BCUT2D eigenvalue weighted by atomic mass is 16.7. The molecule has 3 amide bonds. The summed E-state index contributed by atoms with van der Waals surface area (Å²) in [7, 11) is 0. The molecule has 1 heterocycles. The third kappa shape index (κ3) is 20.7. The van der Waals surface area contributed by atoms with Gasteiger partial charge in [0, 0.05) is 38.4 Å². The molecule has 0 radical (unpaired) electrons. The van der Waals surface area contributed by atoms with E-state index in [9.17, 15) is 14.4 Å². The fraction of sp³-hybridized carbons (Fsp3) is 0.923. The molecule has 14 atom stereocenters. The van der Waals surface area contributed by atoms with E-state index in [4.69, 9.17) is 23.7 Å². The zero-order valence-electron chi connectivity index (χ0n) is 50.2. The second-order valence-electron chi connectivity index (χ2n) is 25.7. The van der Waals surface area contributed by atoms with Gasteiger partial charge in [0.2, 0.25) is 11.8 Å². The predicted octanol–water partition coefficient (Wildman–Crippen LogP) is 15.1. The van der Waals surface area contributed by atoms with Crippen LogP contribution in [0.1, 0.15) is 248 Å². The third-order valence-electron chi connectivity index (χ3n) is 20.7. The molecule has 11 heteroatoms. The van der Waals surface area contributed by atoms with Gasteiger partial charge in [-0.05, 0) is 174 Å². The Labute approximate surface area is 465 Å². The van der Waals surface area contributed by atoms with Gasteiger partial charge in [0.1, 0.15) is 6.10 Å². The number of allylic oxidation sites excluding steroid dienone is 2. The van der Waals surface area contributed by atoms with Crippen molar-refractivity contribution in [2.45, 2.75) is 267 Å². The number of carbonyl (C=O) groups is 3. The minimum Gasteiger partial charge on any atom is -0.446 e. The number of hydrogen-bond acceptors (Lipinski definition) is 8. The van der Waals surface area contributed by atoms with E-state index in [1.807, 2.05) is 0 Å². The standard InChI is InChI=1S/C65H117N3O8/c1-9-11-12-13-14-15-16-17-18-19-20-21-22-23-24-27-41-68-63(71)75-54-36-38-64(7)53(48-54)31-32-55-57-34-33-56(65(57,8)39-37-58(55)64)49(3)30-35-61(70)66-40-28-25-26-29-60(69)67-42-43-72-44-45-73-46-47-74-62-52(6)50(4)51(5)59(10-2)76-62/h17-18,49-59,62H,9-16,19-48H2,1-8H3,(H,66,70)(H,67,69)(H,68,71)/b18-17-/t49?,50-,51-,52?,53?,54+,55?,56?,57?,58?,59?,62-,64-,65+/m0/s1. The molecule has 0 aromatic rings. The van der Waals surface area contributed by atoms with E-state index < -0.39 is 0 Å². The summed E-state index contributed by atoms with van der Waals surface area (Å²) in [5, 5.41) is 9.22. The fourth-order valence-corrected chi connectivity index (χ4v) is 15.6. The van der Waals surface area contributed by atoms with Crippen molar-refractivity contribution in [2.24, 2.45) is 64.1 Å². The number of ether oxygens (including phenoxy) is 5. The molecule has 76 heavy (non-hydrogen) atoms. The number of alkyl carbamates (subject to hydrolysis) is 1. The number of nitrogens with one attached hydrogen (secondary N) is 3. The largest absolute Gasteiger partial charge is 0.446 e. The Balaban J connectivity index is 0.836. The predicted molar refractivity (Wildman–Crippen MR) is 310 cm³/mol. The van der Waals surface area contributed by atoms with E-state index in [2.05, 4.69) is 83.5 Å². The number of carbonyl (C=O) groups excluding carboxylic acids is 3. The molecule has 5 rings (SSSR count). The Kier molecular flexibility index (Phi) is 30.2. The second kappa shape index (κ2) is 35.5. The van der Waals surface area contributed by atoms with Gasteiger partial charge in [-0.15, -0.1) is 0 Å². The smallest absolute Gasteiger partial charge is 0.407 e. The van der Waals surface area contributed by atoms with Crippen molar-refractivity contribution in [2.75, 3.05) is 52.7 Å². The molecule has 440 valence electrons. The Morgan fingerprint density at radius 1 is 0.605 bits per heavy atom. The zero-order chi connectivity index (χ0) is 54.6. The summed E-state index contributed by atoms with van der Waals surface area (Å²) in [5.74, 6) is 5.92. The molecule has 0 spiro atoms. The van der Waals surface area contributed by atoms with Gasteiger partial charge in [-0.25, -0.2) is 4.79 Å². The number of hydrogen-bond donors (Lipinski definition) is 3. The second-order valence-corrected chi connectivity index (χ2v) is 25.7. The maximum absolute atomic E-state index is 13.0. The summed E-state index contributed by atoms with van der Waals surface area (Å²) in [4.78, 5) is 38.3. The molecular formula is C65H117N3O8. The van der Waals surface area contributed by atoms with Crippen molar-refractivity contribution < 1.29 is 38.1 Å². The highest BCUT2D eigenvalue weighted by Gasteiger charge is 2.61. The number of unbranched alkanes of at least 4 members (excludes halogenated alkanes) is 14. The average molecular weight is 1070 g/mol. The lowest BCUT2D eigenvalue weighted by Crippen LogP contribution is -2.54. The SMILES string of the molecule is CCCCCCCC/C=C\CCCCCCCCNC(=O)O[C@@H]1CC[C@@]2(C)C(CCC3C4CCC(C(C)CCC(=O)NCCCCCC(=O)NCCOCCOCCO[C@H]5OC(CC)[C@@H](C)[C@H](C)C5C)[C@@]4(C)CCC32)C1. The monoisotopic (exact) mass is 1070 g/mol. The molecular weight excluding hydrogens is 951 g/mol. The van der Waals surface area contributed by atoms with Crippen molar-refractivity contribution in [3.63, 3.8) is 0 Å². The molecule has 8 unspecified atom stereocenters. The summed E-state index contributed by atoms with van der Waals surface area (Å²) < 4.78 is 29.7. The van der Waals surface area contributed by atoms with Crippen LogP contribution < -0.4 is 16.0 Å². The van der Waals surface area contributed by atoms with Crippen LogP contribution in [0.2, 0.25) is 0 Å². The van der Waals surface area contributed by atoms with Gasteiger partial charge >= 0.3 is 6.09 Å². The van der Waals surface area contributed by atoms with Crippen molar-refractivity contribution in [1.82, 2.24) is 16.0 Å². The molecule has 11 nitrogen and oxygen atoms in total. The van der Waals surface area contributed by atoms with E-state index in [1.54, 1.807) is 0 Å². The highest BCUT2D eigenvalue weighted by molar-refractivity contribution is 5.76. The van der Waals surface area contributed by atoms with Gasteiger partial charge in [0.05, 0.1) is 39.1 Å². The van der Waals surface area contributed by atoms with Crippen molar-refractivity contribution in [1.29, 1.82) is 0 Å². The Morgan fingerprint density at radius 2 is 1.21 bits per heavy atom. The Morgan fingerprint density at radius 3 is 1.93 bits per heavy atom. The lowest BCUT2D eigenvalue weighted by molar-refractivity contribution is -0.251. The van der Waals surface area contributed by atoms with Crippen LogP contribution in [0.25, 0.3) is 0 Å². The lowest BCUT2D eigenvalue weighted by atomic mass is 9.44. The Hall–Kier alpha value is -2.21. The number of fused-ring (bicyclic) bond motifs is 5. The van der Waals surface area contributed by atoms with Crippen molar-refractivity contribution >= 4 is 17.9 Å². The van der Waals surface area contributed by atoms with E-state index in [-0.39, 0.29) is 36.4 Å². The van der Waals surface area contributed by atoms with Crippen LogP contribution in [0.15, 0.2) is 12.2 Å². The van der Waals surface area contributed by atoms with Gasteiger partial charge in [-0.2, -0.15) is 0 Å². The molecule has 5 fully saturated rings. The summed E-state index contributed by atoms with van der Waals surface area (Å²) in [6.45, 7) is 23.2. The zero-order valence-corrected chi connectivity index (χ0v) is 50.2. The van der Waals surface area contributed by atoms with Gasteiger partial charge in [0.15, 0.2) is 6.29 Å². The fourth-order valence-electron chi connectivity index (χ4n) is 15.6. The van der Waals surface area contributed by atoms with Gasteiger partial charge < -0.3 is 39.6 Å². The van der Waals surface area contributed by atoms with E-state index in [0.717, 1.165) is 75.7 Å². The first kappa shape index (κ1) is 64.6. The molecule has 4 saturated carbocycles. The van der Waals surface area contributed by atoms with Crippen LogP contribution in [0.3, 0.4) is 0 Å². The molecule has 0 aromatic carbocycles. The quantitative estimate of drug-likeness (QED) is 0.0411. The molecule has 1 saturated heterocycles. The number of rotatable bonds is 38. The summed E-state index contributed by atoms with van der Waals surface area (Å²) in [6, 6.07) is 0. The molecule has 0 bridgehead atoms. The van der Waals surface area contributed by atoms with Crippen LogP contribution in [-0.2, 0) is 33.3 Å². The van der Waals surface area contributed by atoms with E-state index >= 15 is 0 Å². The van der Waals surface area contributed by atoms with Gasteiger partial charge in [-0.1, -0.05) is 132 Å². The molecule has 4 aliphatic carbocycles. The molecule has 3 N–H and O–H groups in total. The summed E-state index contributed by atoms with van der Waals surface area (Å²) in [6.07, 6.45) is 39.5. The molecule has 5 aliphatic rings. The average Bonchev–Trinajstić information content (AvgIpc) is 3.77. The number of amides is 3. The van der Waals surface area contributed by atoms with Crippen molar-refractivity contribution in [3.8, 4) is 0 Å². The maximum Gasteiger partial charge on any atom is 0.407 e. The first-order valence-electron chi connectivity index (χ1n) is 32.4. The van der Waals surface area contributed by atoms with E-state index in [1.165, 1.54) is 128 Å². The van der Waals surface area contributed by atoms with Crippen LogP contribution in [0, 0.1) is 64.1 Å². The van der Waals surface area contributed by atoms with Crippen LogP contribution in [-0.4, -0.2) is 89.1 Å². The normalized spacial score (nSPS) is 31.6. The first-order valence-corrected chi connectivity index (χ1v) is 32.4. The minimum absolute atomic E-state index is 0.0470. The maximum atomic E-state index is 13.0. The van der Waals surface area contributed by atoms with Crippen LogP contribution in [0.4, 0.5) is 4.79 Å². The molecule has 1 aliphatic heterocycles. The third-order valence-corrected chi connectivity index (χ3v) is 20.7. The van der Waals surface area contributed by atoms with Crippen LogP contribution >= 0.6 is 0 Å². The van der Waals surface area contributed by atoms with Crippen LogP contribution in [0.5, 0.6) is 0 Å². The summed E-state index contributed by atoms with van der Waals surface area (Å²) >= 11 is 0. The van der Waals surface area contributed by atoms with Crippen molar-refractivity contribution in [3.05, 3.63) is 12.2 Å². The van der Waals surface area contributed by atoms with Gasteiger partial charge in [0.25, 0.3) is 0 Å². The minimum atomic E-state index is -0.203. The molecule has 0 aromatic heterocycles. The van der Waals surface area contributed by atoms with E-state index in [0.29, 0.717) is 105 Å². The highest BCUT2D eigenvalue weighted by Crippen LogP contribution is 2.68. The summed E-state index contributed by atoms with van der Waals surface area (Å²) in [5.41, 5.74) is 0.719.